The number of methoxy groups -OCH3 is 1. The molecule has 1 aromatic carbocycles. The van der Waals surface area contributed by atoms with E-state index in [9.17, 15) is 9.59 Å². The lowest BCUT2D eigenvalue weighted by Crippen LogP contribution is -2.44. The van der Waals surface area contributed by atoms with E-state index in [1.165, 1.54) is 0 Å². The number of anilines is 1. The van der Waals surface area contributed by atoms with Gasteiger partial charge in [0.2, 0.25) is 0 Å². The van der Waals surface area contributed by atoms with Gasteiger partial charge < -0.3 is 20.5 Å². The van der Waals surface area contributed by atoms with Crippen LogP contribution in [0.1, 0.15) is 18.4 Å². The molecule has 1 atom stereocenters. The Morgan fingerprint density at radius 2 is 2.10 bits per heavy atom. The summed E-state index contributed by atoms with van der Waals surface area (Å²) < 4.78 is 5.08. The van der Waals surface area contributed by atoms with Crippen LogP contribution in [0.2, 0.25) is 0 Å². The molecule has 0 radical (unpaired) electrons. The van der Waals surface area contributed by atoms with Crippen molar-refractivity contribution in [1.29, 1.82) is 0 Å². The second-order valence-corrected chi connectivity index (χ2v) is 4.93. The van der Waals surface area contributed by atoms with Gasteiger partial charge in [0.15, 0.2) is 0 Å². The van der Waals surface area contributed by atoms with Crippen LogP contribution in [-0.2, 0) is 4.79 Å². The predicted molar refractivity (Wildman–Crippen MR) is 74.0 cm³/mol. The molecule has 2 rings (SSSR count). The minimum Gasteiger partial charge on any atom is -0.497 e. The predicted octanol–water partition coefficient (Wildman–Crippen LogP) is 1.99. The van der Waals surface area contributed by atoms with Gasteiger partial charge in [-0.3, -0.25) is 0 Å². The van der Waals surface area contributed by atoms with Crippen LogP contribution < -0.4 is 15.4 Å². The maximum absolute atomic E-state index is 11.8. The van der Waals surface area contributed by atoms with Crippen LogP contribution in [0.5, 0.6) is 5.75 Å². The number of nitrogens with one attached hydrogen (secondary N) is 2. The molecule has 108 valence electrons. The van der Waals surface area contributed by atoms with Crippen molar-refractivity contribution >= 4 is 17.7 Å². The van der Waals surface area contributed by atoms with Crippen molar-refractivity contribution in [2.24, 2.45) is 5.92 Å². The molecule has 1 aromatic rings. The molecule has 20 heavy (non-hydrogen) atoms. The zero-order chi connectivity index (χ0) is 14.7. The van der Waals surface area contributed by atoms with Gasteiger partial charge in [-0.15, -0.1) is 0 Å². The number of carboxylic acid groups (broad SMARTS) is 1. The third-order valence-electron chi connectivity index (χ3n) is 3.33. The standard InChI is InChI=1S/C14H18N2O4/c1-8-7-10(20-2)5-6-11(8)15-14(19)16-12(13(17)18)9-3-4-9/h5-7,9,12H,3-4H2,1-2H3,(H,17,18)(H2,15,16,19). The van der Waals surface area contributed by atoms with Crippen molar-refractivity contribution in [2.45, 2.75) is 25.8 Å². The van der Waals surface area contributed by atoms with E-state index in [0.717, 1.165) is 18.4 Å². The van der Waals surface area contributed by atoms with Gasteiger partial charge in [-0.1, -0.05) is 0 Å². The Morgan fingerprint density at radius 3 is 2.60 bits per heavy atom. The molecule has 0 aliphatic heterocycles. The molecule has 0 heterocycles. The zero-order valence-corrected chi connectivity index (χ0v) is 11.5. The lowest BCUT2D eigenvalue weighted by molar-refractivity contribution is -0.139. The summed E-state index contributed by atoms with van der Waals surface area (Å²) in [5.41, 5.74) is 1.47. The first-order chi connectivity index (χ1) is 9.51. The number of carboxylic acids is 1. The highest BCUT2D eigenvalue weighted by molar-refractivity contribution is 5.93. The fourth-order valence-corrected chi connectivity index (χ4v) is 2.01. The second-order valence-electron chi connectivity index (χ2n) is 4.93. The number of aryl methyl sites for hydroxylation is 1. The molecule has 2 amide bonds. The number of rotatable bonds is 5. The summed E-state index contributed by atoms with van der Waals surface area (Å²) in [6.45, 7) is 1.84. The third kappa shape index (κ3) is 3.40. The molecule has 6 nitrogen and oxygen atoms in total. The summed E-state index contributed by atoms with van der Waals surface area (Å²) in [6.07, 6.45) is 1.69. The van der Waals surface area contributed by atoms with Gasteiger partial charge >= 0.3 is 12.0 Å². The molecule has 1 aliphatic carbocycles. The van der Waals surface area contributed by atoms with Crippen molar-refractivity contribution in [2.75, 3.05) is 12.4 Å². The van der Waals surface area contributed by atoms with Crippen molar-refractivity contribution < 1.29 is 19.4 Å². The monoisotopic (exact) mass is 278 g/mol. The number of hydrogen-bond acceptors (Lipinski definition) is 3. The number of carbonyl (C=O) groups is 2. The lowest BCUT2D eigenvalue weighted by Gasteiger charge is -2.15. The Kier molecular flexibility index (Phi) is 4.12. The molecule has 0 spiro atoms. The number of amides is 2. The maximum atomic E-state index is 11.8. The molecule has 0 aromatic heterocycles. The molecule has 1 fully saturated rings. The molecule has 3 N–H and O–H groups in total. The average Bonchev–Trinajstić information content (AvgIpc) is 3.22. The Morgan fingerprint density at radius 1 is 1.40 bits per heavy atom. The molecule has 0 bridgehead atoms. The van der Waals surface area contributed by atoms with Crippen molar-refractivity contribution in [3.05, 3.63) is 23.8 Å². The summed E-state index contributed by atoms with van der Waals surface area (Å²) in [5, 5.41) is 14.2. The Bertz CT molecular complexity index is 526. The average molecular weight is 278 g/mol. The number of benzene rings is 1. The second kappa shape index (κ2) is 5.81. The minimum absolute atomic E-state index is 0.0511. The molecule has 6 heteroatoms. The van der Waals surface area contributed by atoms with E-state index in [2.05, 4.69) is 10.6 Å². The van der Waals surface area contributed by atoms with E-state index in [1.54, 1.807) is 25.3 Å². The van der Waals surface area contributed by atoms with Crippen LogP contribution in [0.15, 0.2) is 18.2 Å². The first-order valence-electron chi connectivity index (χ1n) is 6.46. The highest BCUT2D eigenvalue weighted by Gasteiger charge is 2.37. The Balaban J connectivity index is 1.98. The van der Waals surface area contributed by atoms with E-state index in [1.807, 2.05) is 6.92 Å². The molecule has 1 unspecified atom stereocenters. The maximum Gasteiger partial charge on any atom is 0.326 e. The van der Waals surface area contributed by atoms with Gasteiger partial charge in [0.05, 0.1) is 7.11 Å². The first-order valence-corrected chi connectivity index (χ1v) is 6.46. The summed E-state index contributed by atoms with van der Waals surface area (Å²) in [5.74, 6) is -0.237. The van der Waals surface area contributed by atoms with Crippen LogP contribution >= 0.6 is 0 Å². The largest absolute Gasteiger partial charge is 0.497 e. The van der Waals surface area contributed by atoms with Crippen LogP contribution in [0.4, 0.5) is 10.5 Å². The summed E-state index contributed by atoms with van der Waals surface area (Å²) in [7, 11) is 1.57. The molecular weight excluding hydrogens is 260 g/mol. The van der Waals surface area contributed by atoms with E-state index >= 15 is 0 Å². The van der Waals surface area contributed by atoms with Crippen molar-refractivity contribution in [3.63, 3.8) is 0 Å². The normalized spacial score (nSPS) is 15.3. The van der Waals surface area contributed by atoms with Crippen molar-refractivity contribution in [3.8, 4) is 5.75 Å². The fraction of sp³-hybridized carbons (Fsp3) is 0.429. The van der Waals surface area contributed by atoms with Crippen molar-refractivity contribution in [1.82, 2.24) is 5.32 Å². The third-order valence-corrected chi connectivity index (χ3v) is 3.33. The summed E-state index contributed by atoms with van der Waals surface area (Å²) in [4.78, 5) is 22.9. The van der Waals surface area contributed by atoms with Gasteiger partial charge in [-0.2, -0.15) is 0 Å². The highest BCUT2D eigenvalue weighted by Crippen LogP contribution is 2.32. The van der Waals surface area contributed by atoms with Crippen LogP contribution in [0, 0.1) is 12.8 Å². The zero-order valence-electron chi connectivity index (χ0n) is 11.5. The van der Waals surface area contributed by atoms with E-state index in [0.29, 0.717) is 11.4 Å². The van der Waals surface area contributed by atoms with E-state index < -0.39 is 18.0 Å². The van der Waals surface area contributed by atoms with Gasteiger partial charge in [0.25, 0.3) is 0 Å². The van der Waals surface area contributed by atoms with Crippen LogP contribution in [-0.4, -0.2) is 30.3 Å². The summed E-state index contributed by atoms with van der Waals surface area (Å²) in [6, 6.07) is 3.94. The quantitative estimate of drug-likeness (QED) is 0.768. The molecule has 1 saturated carbocycles. The molecular formula is C14H18N2O4. The van der Waals surface area contributed by atoms with Gasteiger partial charge in [0.1, 0.15) is 11.8 Å². The highest BCUT2D eigenvalue weighted by atomic mass is 16.5. The van der Waals surface area contributed by atoms with Gasteiger partial charge in [-0.05, 0) is 49.4 Å². The topological polar surface area (TPSA) is 87.7 Å². The minimum atomic E-state index is -0.992. The van der Waals surface area contributed by atoms with E-state index in [4.69, 9.17) is 9.84 Å². The lowest BCUT2D eigenvalue weighted by atomic mass is 10.2. The Hall–Kier alpha value is -2.24. The van der Waals surface area contributed by atoms with Gasteiger partial charge in [-0.25, -0.2) is 9.59 Å². The van der Waals surface area contributed by atoms with Crippen LogP contribution in [0.3, 0.4) is 0 Å². The first kappa shape index (κ1) is 14.2. The smallest absolute Gasteiger partial charge is 0.326 e. The number of hydrogen-bond donors (Lipinski definition) is 3. The molecule has 0 saturated heterocycles. The summed E-state index contributed by atoms with van der Waals surface area (Å²) >= 11 is 0. The van der Waals surface area contributed by atoms with Gasteiger partial charge in [0, 0.05) is 5.69 Å². The fourth-order valence-electron chi connectivity index (χ4n) is 2.01. The number of urea groups is 1. The van der Waals surface area contributed by atoms with E-state index in [-0.39, 0.29) is 5.92 Å². The number of carbonyl (C=O) groups excluding carboxylic acids is 1. The Labute approximate surface area is 117 Å². The number of ether oxygens (including phenoxy) is 1. The number of aliphatic carboxylic acids is 1. The molecule has 1 aliphatic rings. The SMILES string of the molecule is COc1ccc(NC(=O)NC(C(=O)O)C2CC2)c(C)c1. The van der Waals surface area contributed by atoms with Crippen LogP contribution in [0.25, 0.3) is 0 Å².